The minimum atomic E-state index is -5.26. The van der Waals surface area contributed by atoms with Crippen molar-refractivity contribution in [3.63, 3.8) is 0 Å². The van der Waals surface area contributed by atoms with Crippen LogP contribution in [0.25, 0.3) is 0 Å². The van der Waals surface area contributed by atoms with Crippen molar-refractivity contribution in [1.82, 2.24) is 0 Å². The van der Waals surface area contributed by atoms with E-state index in [9.17, 15) is 27.2 Å². The summed E-state index contributed by atoms with van der Waals surface area (Å²) in [6.45, 7) is 7.35. The van der Waals surface area contributed by atoms with Gasteiger partial charge in [-0.2, -0.15) is 17.6 Å². The van der Waals surface area contributed by atoms with E-state index in [2.05, 4.69) is 9.47 Å². The summed E-state index contributed by atoms with van der Waals surface area (Å²) in [5.74, 6) is -14.4. The van der Waals surface area contributed by atoms with E-state index < -0.39 is 37.0 Å². The van der Waals surface area contributed by atoms with Crippen molar-refractivity contribution in [2.24, 2.45) is 11.8 Å². The van der Waals surface area contributed by atoms with Crippen molar-refractivity contribution in [2.75, 3.05) is 13.2 Å². The first kappa shape index (κ1) is 26.7. The molecule has 8 heteroatoms. The van der Waals surface area contributed by atoms with Gasteiger partial charge >= 0.3 is 23.8 Å². The van der Waals surface area contributed by atoms with E-state index in [1.807, 2.05) is 27.7 Å². The van der Waals surface area contributed by atoms with Gasteiger partial charge < -0.3 is 9.47 Å². The van der Waals surface area contributed by atoms with Crippen molar-refractivity contribution in [3.8, 4) is 0 Å². The van der Waals surface area contributed by atoms with Gasteiger partial charge in [0.05, 0.1) is 13.2 Å². The molecule has 0 aromatic heterocycles. The Balaban J connectivity index is 4.31. The van der Waals surface area contributed by atoms with Crippen molar-refractivity contribution in [3.05, 3.63) is 0 Å². The third-order valence-electron chi connectivity index (χ3n) is 4.23. The highest BCUT2D eigenvalue weighted by molar-refractivity contribution is 5.90. The third-order valence-corrected chi connectivity index (χ3v) is 4.23. The normalized spacial score (nSPS) is 12.5. The molecule has 0 aromatic rings. The van der Waals surface area contributed by atoms with Gasteiger partial charge in [0.2, 0.25) is 0 Å². The Bertz CT molecular complexity index is 423. The predicted molar refractivity (Wildman–Crippen MR) is 98.4 cm³/mol. The fourth-order valence-corrected chi connectivity index (χ4v) is 2.43. The van der Waals surface area contributed by atoms with Gasteiger partial charge in [0.1, 0.15) is 0 Å². The number of hydrogen-bond donors (Lipinski definition) is 0. The van der Waals surface area contributed by atoms with Crippen LogP contribution in [0.4, 0.5) is 17.6 Å². The van der Waals surface area contributed by atoms with Crippen LogP contribution < -0.4 is 0 Å². The molecule has 4 nitrogen and oxygen atoms in total. The lowest BCUT2D eigenvalue weighted by Crippen LogP contribution is -2.53. The Hall–Kier alpha value is -1.34. The molecule has 0 bridgehead atoms. The minimum absolute atomic E-state index is 0.293. The molecule has 0 saturated heterocycles. The Labute approximate surface area is 165 Å². The number of ether oxygens (including phenoxy) is 2. The highest BCUT2D eigenvalue weighted by Crippen LogP contribution is 2.36. The number of alkyl halides is 4. The topological polar surface area (TPSA) is 52.6 Å². The number of rotatable bonds is 15. The standard InChI is InChI=1S/C20H34F4O4/c1-15(2)11-7-5-9-13-27-17(25)19(21,22)20(23,24)18(26)28-14-10-6-8-12-16(3)4/h15-16H,5-14H2,1-4H3. The monoisotopic (exact) mass is 414 g/mol. The zero-order valence-corrected chi connectivity index (χ0v) is 17.4. The van der Waals surface area contributed by atoms with Crippen LogP contribution in [0, 0.1) is 11.8 Å². The summed E-state index contributed by atoms with van der Waals surface area (Å²) in [5.41, 5.74) is 0. The molecule has 0 aromatic carbocycles. The van der Waals surface area contributed by atoms with Gasteiger partial charge in [-0.15, -0.1) is 0 Å². The molecule has 0 aliphatic carbocycles. The number of carbonyl (C=O) groups excluding carboxylic acids is 2. The van der Waals surface area contributed by atoms with E-state index in [4.69, 9.17) is 0 Å². The lowest BCUT2D eigenvalue weighted by molar-refractivity contribution is -0.237. The molecule has 0 fully saturated rings. The molecule has 0 aliphatic heterocycles. The molecule has 28 heavy (non-hydrogen) atoms. The first-order valence-corrected chi connectivity index (χ1v) is 10.0. The average molecular weight is 414 g/mol. The second kappa shape index (κ2) is 13.0. The van der Waals surface area contributed by atoms with Gasteiger partial charge in [0.25, 0.3) is 0 Å². The summed E-state index contributed by atoms with van der Waals surface area (Å²) in [4.78, 5) is 22.8. The summed E-state index contributed by atoms with van der Waals surface area (Å²) in [6.07, 6.45) is 5.37. The molecule has 0 rings (SSSR count). The smallest absolute Gasteiger partial charge is 0.415 e. The van der Waals surface area contributed by atoms with Crippen LogP contribution >= 0.6 is 0 Å². The molecule has 166 valence electrons. The molecule has 0 aliphatic rings. The number of esters is 2. The molecule has 0 radical (unpaired) electrons. The van der Waals surface area contributed by atoms with Crippen molar-refractivity contribution in [1.29, 1.82) is 0 Å². The fraction of sp³-hybridized carbons (Fsp3) is 0.900. The predicted octanol–water partition coefficient (Wildman–Crippen LogP) is 5.78. The van der Waals surface area contributed by atoms with Crippen LogP contribution in [-0.2, 0) is 19.1 Å². The van der Waals surface area contributed by atoms with Gasteiger partial charge in [-0.1, -0.05) is 66.2 Å². The van der Waals surface area contributed by atoms with E-state index in [1.165, 1.54) is 0 Å². The quantitative estimate of drug-likeness (QED) is 0.194. The maximum Gasteiger partial charge on any atom is 0.415 e. The molecular formula is C20H34F4O4. The summed E-state index contributed by atoms with van der Waals surface area (Å²) >= 11 is 0. The van der Waals surface area contributed by atoms with E-state index in [0.29, 0.717) is 37.5 Å². The van der Waals surface area contributed by atoms with Crippen LogP contribution in [0.5, 0.6) is 0 Å². The number of unbranched alkanes of at least 4 members (excludes halogenated alkanes) is 4. The second-order valence-corrected chi connectivity index (χ2v) is 7.91. The van der Waals surface area contributed by atoms with E-state index in [1.54, 1.807) is 0 Å². The zero-order chi connectivity index (χ0) is 21.8. The molecule has 0 amide bonds. The summed E-state index contributed by atoms with van der Waals surface area (Å²) in [5, 5.41) is 0. The minimum Gasteiger partial charge on any atom is -0.461 e. The van der Waals surface area contributed by atoms with Gasteiger partial charge in [0.15, 0.2) is 0 Å². The van der Waals surface area contributed by atoms with Crippen LogP contribution in [0.15, 0.2) is 0 Å². The average Bonchev–Trinajstić information content (AvgIpc) is 2.59. The van der Waals surface area contributed by atoms with Crippen LogP contribution in [0.3, 0.4) is 0 Å². The van der Waals surface area contributed by atoms with Crippen molar-refractivity contribution >= 4 is 11.9 Å². The first-order valence-electron chi connectivity index (χ1n) is 10.0. The van der Waals surface area contributed by atoms with E-state index in [0.717, 1.165) is 25.7 Å². The Kier molecular flexibility index (Phi) is 12.4. The lowest BCUT2D eigenvalue weighted by atomic mass is 10.1. The number of halogens is 4. The van der Waals surface area contributed by atoms with Crippen molar-refractivity contribution < 1.29 is 36.6 Å². The number of hydrogen-bond acceptors (Lipinski definition) is 4. The van der Waals surface area contributed by atoms with E-state index in [-0.39, 0.29) is 0 Å². The van der Waals surface area contributed by atoms with E-state index >= 15 is 0 Å². The lowest BCUT2D eigenvalue weighted by Gasteiger charge is -2.23. The molecule has 0 N–H and O–H groups in total. The van der Waals surface area contributed by atoms with Crippen LogP contribution in [0.2, 0.25) is 0 Å². The Morgan fingerprint density at radius 1 is 0.643 bits per heavy atom. The summed E-state index contributed by atoms with van der Waals surface area (Å²) in [6, 6.07) is 0. The Morgan fingerprint density at radius 3 is 1.25 bits per heavy atom. The molecule has 0 atom stereocenters. The van der Waals surface area contributed by atoms with Gasteiger partial charge in [-0.05, 0) is 24.7 Å². The molecule has 0 saturated carbocycles. The summed E-state index contributed by atoms with van der Waals surface area (Å²) < 4.78 is 63.4. The van der Waals surface area contributed by atoms with Crippen molar-refractivity contribution in [2.45, 2.75) is 90.9 Å². The first-order chi connectivity index (χ1) is 12.9. The maximum atomic E-state index is 13.7. The third kappa shape index (κ3) is 9.73. The molecule has 0 unspecified atom stereocenters. The highest BCUT2D eigenvalue weighted by Gasteiger charge is 2.69. The van der Waals surface area contributed by atoms with Gasteiger partial charge in [0, 0.05) is 0 Å². The summed E-state index contributed by atoms with van der Waals surface area (Å²) in [7, 11) is 0. The number of carbonyl (C=O) groups is 2. The Morgan fingerprint density at radius 2 is 0.964 bits per heavy atom. The fourth-order valence-electron chi connectivity index (χ4n) is 2.43. The maximum absolute atomic E-state index is 13.7. The second-order valence-electron chi connectivity index (χ2n) is 7.91. The highest BCUT2D eigenvalue weighted by atomic mass is 19.3. The molecular weight excluding hydrogens is 380 g/mol. The SMILES string of the molecule is CC(C)CCCCCOC(=O)C(F)(F)C(F)(F)C(=O)OCCCCCC(C)C. The van der Waals surface area contributed by atoms with Gasteiger partial charge in [-0.3, -0.25) is 0 Å². The zero-order valence-electron chi connectivity index (χ0n) is 17.4. The van der Waals surface area contributed by atoms with Gasteiger partial charge in [-0.25, -0.2) is 9.59 Å². The van der Waals surface area contributed by atoms with Crippen LogP contribution in [0.1, 0.15) is 79.1 Å². The molecule has 0 heterocycles. The molecule has 0 spiro atoms. The largest absolute Gasteiger partial charge is 0.461 e. The van der Waals surface area contributed by atoms with Crippen LogP contribution in [-0.4, -0.2) is 37.0 Å².